The molecule has 4 aromatic carbocycles. The van der Waals surface area contributed by atoms with Crippen LogP contribution in [0.3, 0.4) is 0 Å². The first kappa shape index (κ1) is 26.6. The van der Waals surface area contributed by atoms with E-state index in [1.165, 1.54) is 0 Å². The van der Waals surface area contributed by atoms with Crippen molar-refractivity contribution in [1.29, 1.82) is 0 Å². The van der Waals surface area contributed by atoms with Crippen LogP contribution in [0.4, 0.5) is 10.5 Å². The SMILES string of the molecule is COc1ccc(C(=O)N2CCN(C(=O)Nc3ccccc3Oc3ccccc3)CC2c2ccccc2)cc1OC. The molecule has 4 aromatic rings. The van der Waals surface area contributed by atoms with Gasteiger partial charge < -0.3 is 29.3 Å². The number of carbonyl (C=O) groups is 2. The van der Waals surface area contributed by atoms with Crippen molar-refractivity contribution in [1.82, 2.24) is 9.80 Å². The molecule has 0 aliphatic carbocycles. The zero-order chi connectivity index (χ0) is 27.9. The van der Waals surface area contributed by atoms with Gasteiger partial charge in [-0.1, -0.05) is 60.7 Å². The van der Waals surface area contributed by atoms with Crippen molar-refractivity contribution in [2.45, 2.75) is 6.04 Å². The van der Waals surface area contributed by atoms with Crippen molar-refractivity contribution < 1.29 is 23.8 Å². The molecule has 1 saturated heterocycles. The molecular weight excluding hydrogens is 506 g/mol. The smallest absolute Gasteiger partial charge is 0.322 e. The minimum atomic E-state index is -0.336. The van der Waals surface area contributed by atoms with Crippen LogP contribution in [0, 0.1) is 0 Å². The number of nitrogens with one attached hydrogen (secondary N) is 1. The molecule has 0 spiro atoms. The minimum absolute atomic E-state index is 0.142. The first-order valence-electron chi connectivity index (χ1n) is 13.0. The number of benzene rings is 4. The molecule has 1 N–H and O–H groups in total. The first-order chi connectivity index (χ1) is 19.6. The van der Waals surface area contributed by atoms with E-state index in [-0.39, 0.29) is 18.0 Å². The molecule has 1 aliphatic heterocycles. The molecular formula is C32H31N3O5. The van der Waals surface area contributed by atoms with Crippen LogP contribution in [0.25, 0.3) is 0 Å². The van der Waals surface area contributed by atoms with E-state index in [0.717, 1.165) is 5.56 Å². The van der Waals surface area contributed by atoms with Crippen molar-refractivity contribution in [3.05, 3.63) is 114 Å². The van der Waals surface area contributed by atoms with Gasteiger partial charge in [0.1, 0.15) is 5.75 Å². The molecule has 8 nitrogen and oxygen atoms in total. The van der Waals surface area contributed by atoms with Crippen LogP contribution in [-0.4, -0.2) is 55.6 Å². The minimum Gasteiger partial charge on any atom is -0.493 e. The molecule has 5 rings (SSSR count). The molecule has 40 heavy (non-hydrogen) atoms. The maximum Gasteiger partial charge on any atom is 0.322 e. The van der Waals surface area contributed by atoms with Crippen LogP contribution >= 0.6 is 0 Å². The van der Waals surface area contributed by atoms with E-state index in [1.807, 2.05) is 89.8 Å². The molecule has 0 radical (unpaired) electrons. The maximum atomic E-state index is 13.7. The van der Waals surface area contributed by atoms with Gasteiger partial charge in [0.25, 0.3) is 5.91 Å². The molecule has 0 bridgehead atoms. The summed E-state index contributed by atoms with van der Waals surface area (Å²) in [6.07, 6.45) is 0. The number of ether oxygens (including phenoxy) is 3. The van der Waals surface area contributed by atoms with Crippen molar-refractivity contribution in [2.75, 3.05) is 39.2 Å². The number of hydrogen-bond donors (Lipinski definition) is 1. The van der Waals surface area contributed by atoms with Gasteiger partial charge in [0, 0.05) is 25.2 Å². The normalized spacial score (nSPS) is 14.8. The van der Waals surface area contributed by atoms with Crippen molar-refractivity contribution >= 4 is 17.6 Å². The largest absolute Gasteiger partial charge is 0.493 e. The van der Waals surface area contributed by atoms with E-state index in [9.17, 15) is 9.59 Å². The van der Waals surface area contributed by atoms with E-state index in [2.05, 4.69) is 5.32 Å². The van der Waals surface area contributed by atoms with E-state index in [1.54, 1.807) is 37.3 Å². The number of nitrogens with zero attached hydrogens (tertiary/aromatic N) is 2. The predicted octanol–water partition coefficient (Wildman–Crippen LogP) is 6.23. The van der Waals surface area contributed by atoms with E-state index >= 15 is 0 Å². The summed E-state index contributed by atoms with van der Waals surface area (Å²) >= 11 is 0. The fourth-order valence-corrected chi connectivity index (χ4v) is 4.77. The van der Waals surface area contributed by atoms with Gasteiger partial charge >= 0.3 is 6.03 Å². The predicted molar refractivity (Wildman–Crippen MR) is 153 cm³/mol. The zero-order valence-corrected chi connectivity index (χ0v) is 22.4. The lowest BCUT2D eigenvalue weighted by atomic mass is 10.0. The number of urea groups is 1. The summed E-state index contributed by atoms with van der Waals surface area (Å²) < 4.78 is 16.8. The Morgan fingerprint density at radius 1 is 0.750 bits per heavy atom. The van der Waals surface area contributed by atoms with Gasteiger partial charge in [0.05, 0.1) is 25.9 Å². The number of para-hydroxylation sites is 3. The lowest BCUT2D eigenvalue weighted by Crippen LogP contribution is -2.53. The number of piperazine rings is 1. The van der Waals surface area contributed by atoms with Crippen LogP contribution in [0.1, 0.15) is 22.0 Å². The van der Waals surface area contributed by atoms with E-state index in [0.29, 0.717) is 53.9 Å². The molecule has 1 fully saturated rings. The first-order valence-corrected chi connectivity index (χ1v) is 13.0. The van der Waals surface area contributed by atoms with Gasteiger partial charge in [-0.3, -0.25) is 4.79 Å². The van der Waals surface area contributed by atoms with Crippen LogP contribution in [-0.2, 0) is 0 Å². The summed E-state index contributed by atoms with van der Waals surface area (Å²) in [7, 11) is 3.10. The average molecular weight is 538 g/mol. The summed E-state index contributed by atoms with van der Waals surface area (Å²) in [5.41, 5.74) is 2.00. The molecule has 0 saturated carbocycles. The van der Waals surface area contributed by atoms with Crippen molar-refractivity contribution in [3.63, 3.8) is 0 Å². The topological polar surface area (TPSA) is 80.3 Å². The van der Waals surface area contributed by atoms with Gasteiger partial charge in [0.2, 0.25) is 0 Å². The fourth-order valence-electron chi connectivity index (χ4n) is 4.77. The molecule has 204 valence electrons. The third-order valence-corrected chi connectivity index (χ3v) is 6.84. The molecule has 1 heterocycles. The highest BCUT2D eigenvalue weighted by Gasteiger charge is 2.34. The Morgan fingerprint density at radius 2 is 1.43 bits per heavy atom. The number of methoxy groups -OCH3 is 2. The molecule has 1 atom stereocenters. The quantitative estimate of drug-likeness (QED) is 0.302. The number of amides is 3. The summed E-state index contributed by atoms with van der Waals surface area (Å²) in [6.45, 7) is 1.06. The summed E-state index contributed by atoms with van der Waals surface area (Å²) in [4.78, 5) is 30.7. The van der Waals surface area contributed by atoms with Gasteiger partial charge in [-0.05, 0) is 48.0 Å². The Balaban J connectivity index is 1.36. The fraction of sp³-hybridized carbons (Fsp3) is 0.188. The molecule has 3 amide bonds. The Hall–Kier alpha value is -4.98. The third kappa shape index (κ3) is 5.86. The van der Waals surface area contributed by atoms with Gasteiger partial charge in [-0.25, -0.2) is 4.79 Å². The Morgan fingerprint density at radius 3 is 2.15 bits per heavy atom. The highest BCUT2D eigenvalue weighted by Crippen LogP contribution is 2.33. The number of anilines is 1. The lowest BCUT2D eigenvalue weighted by Gasteiger charge is -2.41. The maximum absolute atomic E-state index is 13.7. The second-order valence-corrected chi connectivity index (χ2v) is 9.28. The van der Waals surface area contributed by atoms with Gasteiger partial charge in [-0.15, -0.1) is 0 Å². The number of hydrogen-bond acceptors (Lipinski definition) is 5. The Kier molecular flexibility index (Phi) is 8.15. The van der Waals surface area contributed by atoms with Crippen molar-refractivity contribution in [2.24, 2.45) is 0 Å². The highest BCUT2D eigenvalue weighted by atomic mass is 16.5. The summed E-state index contributed by atoms with van der Waals surface area (Å²) in [5.74, 6) is 2.12. The van der Waals surface area contributed by atoms with Gasteiger partial charge in [-0.2, -0.15) is 0 Å². The number of carbonyl (C=O) groups excluding carboxylic acids is 2. The zero-order valence-electron chi connectivity index (χ0n) is 22.4. The second-order valence-electron chi connectivity index (χ2n) is 9.28. The standard InChI is InChI=1S/C32H31N3O5/c1-38-29-18-17-24(21-30(29)39-2)31(36)35-20-19-34(22-27(35)23-11-5-3-6-12-23)32(37)33-26-15-9-10-16-28(26)40-25-13-7-4-8-14-25/h3-18,21,27H,19-20,22H2,1-2H3,(H,33,37). The second kappa shape index (κ2) is 12.3. The summed E-state index contributed by atoms with van der Waals surface area (Å²) in [6, 6.07) is 31.0. The highest BCUT2D eigenvalue weighted by molar-refractivity contribution is 5.96. The Labute approximate surface area is 233 Å². The monoisotopic (exact) mass is 537 g/mol. The van der Waals surface area contributed by atoms with E-state index in [4.69, 9.17) is 14.2 Å². The van der Waals surface area contributed by atoms with Crippen LogP contribution in [0.2, 0.25) is 0 Å². The van der Waals surface area contributed by atoms with Gasteiger partial charge in [0.15, 0.2) is 17.2 Å². The lowest BCUT2D eigenvalue weighted by molar-refractivity contribution is 0.0516. The molecule has 8 heteroatoms. The van der Waals surface area contributed by atoms with Crippen LogP contribution in [0.5, 0.6) is 23.0 Å². The molecule has 0 aromatic heterocycles. The average Bonchev–Trinajstić information content (AvgIpc) is 3.02. The van der Waals surface area contributed by atoms with Crippen LogP contribution < -0.4 is 19.5 Å². The summed E-state index contributed by atoms with van der Waals surface area (Å²) in [5, 5.41) is 3.00. The van der Waals surface area contributed by atoms with Crippen molar-refractivity contribution in [3.8, 4) is 23.0 Å². The molecule has 1 aliphatic rings. The third-order valence-electron chi connectivity index (χ3n) is 6.84. The molecule has 1 unspecified atom stereocenters. The number of rotatable bonds is 7. The van der Waals surface area contributed by atoms with E-state index < -0.39 is 0 Å². The Bertz CT molecular complexity index is 1460. The van der Waals surface area contributed by atoms with Crippen LogP contribution in [0.15, 0.2) is 103 Å².